The van der Waals surface area contributed by atoms with Gasteiger partial charge in [-0.3, -0.25) is 0 Å². The predicted octanol–water partition coefficient (Wildman–Crippen LogP) is 19.9. The van der Waals surface area contributed by atoms with Crippen LogP contribution in [0, 0.1) is 12.8 Å². The summed E-state index contributed by atoms with van der Waals surface area (Å²) in [6.45, 7) is 11.5. The summed E-state index contributed by atoms with van der Waals surface area (Å²) in [5.41, 5.74) is 15.7. The summed E-state index contributed by atoms with van der Waals surface area (Å²) in [4.78, 5) is 5.13. The lowest BCUT2D eigenvalue weighted by Crippen LogP contribution is -2.36. The molecule has 0 bridgehead atoms. The molecule has 13 aromatic rings. The molecule has 74 heavy (non-hydrogen) atoms. The second-order valence-corrected chi connectivity index (χ2v) is 21.3. The molecule has 14 rings (SSSR count). The third-order valence-corrected chi connectivity index (χ3v) is 15.7. The predicted molar refractivity (Wildman–Crippen MR) is 313 cm³/mol. The van der Waals surface area contributed by atoms with Gasteiger partial charge in [-0.15, -0.1) is 0 Å². The normalized spacial score (nSPS) is 15.1. The zero-order chi connectivity index (χ0) is 49.8. The number of aryl methyl sites for hydroxylation is 1. The highest BCUT2D eigenvalue weighted by Gasteiger charge is 2.34. The summed E-state index contributed by atoms with van der Waals surface area (Å²) in [6.07, 6.45) is 7.17. The van der Waals surface area contributed by atoms with E-state index in [1.165, 1.54) is 43.6 Å². The Morgan fingerprint density at radius 3 is 1.66 bits per heavy atom. The van der Waals surface area contributed by atoms with Gasteiger partial charge in [0, 0.05) is 43.3 Å². The van der Waals surface area contributed by atoms with Crippen molar-refractivity contribution in [3.8, 4) is 11.1 Å². The molecule has 1 aliphatic rings. The highest BCUT2D eigenvalue weighted by Crippen LogP contribution is 2.54. The van der Waals surface area contributed by atoms with Gasteiger partial charge in [0.25, 0.3) is 0 Å². The molecule has 0 N–H and O–H groups in total. The van der Waals surface area contributed by atoms with Gasteiger partial charge < -0.3 is 18.6 Å². The van der Waals surface area contributed by atoms with Crippen molar-refractivity contribution < 1.29 is 8.83 Å². The van der Waals surface area contributed by atoms with Crippen molar-refractivity contribution in [2.75, 3.05) is 9.80 Å². The van der Waals surface area contributed by atoms with E-state index in [0.717, 1.165) is 94.4 Å². The van der Waals surface area contributed by atoms with Crippen molar-refractivity contribution in [3.05, 3.63) is 241 Å². The fourth-order valence-corrected chi connectivity index (χ4v) is 12.0. The van der Waals surface area contributed by atoms with Gasteiger partial charge in [-0.05, 0) is 92.6 Å². The minimum Gasteiger partial charge on any atom is -0.454 e. The van der Waals surface area contributed by atoms with Crippen LogP contribution in [-0.2, 0) is 5.41 Å². The first-order chi connectivity index (χ1) is 36.2. The molecular formula is C70H54N2O2. The van der Waals surface area contributed by atoms with E-state index in [0.29, 0.717) is 0 Å². The number of hydrogen-bond donors (Lipinski definition) is 0. The van der Waals surface area contributed by atoms with Gasteiger partial charge in [0.1, 0.15) is 11.2 Å². The fourth-order valence-electron chi connectivity index (χ4n) is 12.0. The van der Waals surface area contributed by atoms with E-state index in [1.807, 2.05) is 0 Å². The third kappa shape index (κ3) is 6.89. The van der Waals surface area contributed by atoms with Crippen LogP contribution in [0.2, 0.25) is 0 Å². The van der Waals surface area contributed by atoms with Gasteiger partial charge in [0.05, 0.1) is 34.5 Å². The van der Waals surface area contributed by atoms with Crippen LogP contribution in [0.25, 0.3) is 92.9 Å². The molecule has 2 unspecified atom stereocenters. The molecule has 0 saturated heterocycles. The van der Waals surface area contributed by atoms with Crippen molar-refractivity contribution in [2.24, 2.45) is 5.92 Å². The van der Waals surface area contributed by atoms with Gasteiger partial charge in [-0.25, -0.2) is 0 Å². The lowest BCUT2D eigenvalue weighted by molar-refractivity contribution is 0.591. The van der Waals surface area contributed by atoms with Gasteiger partial charge in [-0.2, -0.15) is 0 Å². The molecular weight excluding hydrogens is 901 g/mol. The number of hydrogen-bond acceptors (Lipinski definition) is 4. The second-order valence-electron chi connectivity index (χ2n) is 21.3. The number of anilines is 5. The van der Waals surface area contributed by atoms with Crippen molar-refractivity contribution in [1.82, 2.24) is 0 Å². The SMILES string of the molecule is Cc1cccc(-c2ccccc2)c1N(c1cc(N(c2cccc3c2oc2ccccc23)C2C=C(c3ccccc3)C=CC2C)c2ccc3cc(C(C)(C)C)cc4ccc1c2c43)c1cccc2c1oc1ccccc12. The van der Waals surface area contributed by atoms with Crippen LogP contribution < -0.4 is 9.80 Å². The van der Waals surface area contributed by atoms with Gasteiger partial charge in [0.15, 0.2) is 11.2 Å². The van der Waals surface area contributed by atoms with Crippen molar-refractivity contribution in [2.45, 2.75) is 46.1 Å². The average Bonchev–Trinajstić information content (AvgIpc) is 4.02. The third-order valence-electron chi connectivity index (χ3n) is 15.7. The fraction of sp³-hybridized carbons (Fsp3) is 0.114. The van der Waals surface area contributed by atoms with Crippen LogP contribution in [0.15, 0.2) is 233 Å². The lowest BCUT2D eigenvalue weighted by Gasteiger charge is -2.39. The molecule has 4 heteroatoms. The molecule has 2 atom stereocenters. The summed E-state index contributed by atoms with van der Waals surface area (Å²) in [5.74, 6) is 0.111. The van der Waals surface area contributed by atoms with Crippen molar-refractivity contribution in [1.29, 1.82) is 0 Å². The van der Waals surface area contributed by atoms with Crippen LogP contribution in [0.5, 0.6) is 0 Å². The Balaban J connectivity index is 1.16. The molecule has 0 radical (unpaired) electrons. The zero-order valence-electron chi connectivity index (χ0n) is 42.2. The van der Waals surface area contributed by atoms with Crippen LogP contribution in [0.1, 0.15) is 44.4 Å². The average molecular weight is 955 g/mol. The quantitative estimate of drug-likeness (QED) is 0.142. The Hall–Kier alpha value is -8.86. The Bertz CT molecular complexity index is 4380. The maximum Gasteiger partial charge on any atom is 0.159 e. The van der Waals surface area contributed by atoms with E-state index in [2.05, 4.69) is 269 Å². The summed E-state index contributed by atoms with van der Waals surface area (Å²) in [6, 6.07) is 75.2. The van der Waals surface area contributed by atoms with Gasteiger partial charge >= 0.3 is 0 Å². The van der Waals surface area contributed by atoms with Crippen LogP contribution in [0.4, 0.5) is 28.4 Å². The number of nitrogens with zero attached hydrogens (tertiary/aromatic N) is 2. The molecule has 0 fully saturated rings. The van der Waals surface area contributed by atoms with Gasteiger partial charge in [0.2, 0.25) is 0 Å². The number of furan rings is 2. The number of fused-ring (bicyclic) bond motifs is 6. The molecule has 0 amide bonds. The number of allylic oxidation sites excluding steroid dienone is 2. The standard InChI is InChI=1S/C70H54N2O2/c1-43-33-34-47(45-20-8-6-9-21-45)41-60(43)71(58-29-17-27-54-52-24-12-14-31-63(52)73-68(54)58)61-42-62(57-38-36-49-40-50(70(3,4)5)39-48-35-37-56(61)66(57)65(48)49)72(67-44(2)19-16-26-51(67)46-22-10-7-11-23-46)59-30-18-28-55-53-25-13-15-32-64(53)74-69(55)59/h6-43,60H,1-5H3. The molecule has 0 aliphatic heterocycles. The Kier molecular flexibility index (Phi) is 10.0. The second kappa shape index (κ2) is 16.9. The number of para-hydroxylation sites is 5. The Labute approximate surface area is 431 Å². The van der Waals surface area contributed by atoms with Crippen LogP contribution in [-0.4, -0.2) is 6.04 Å². The van der Waals surface area contributed by atoms with E-state index in [-0.39, 0.29) is 17.4 Å². The molecule has 356 valence electrons. The molecule has 2 heterocycles. The molecule has 11 aromatic carbocycles. The topological polar surface area (TPSA) is 32.8 Å². The number of rotatable bonds is 8. The summed E-state index contributed by atoms with van der Waals surface area (Å²) >= 11 is 0. The molecule has 4 nitrogen and oxygen atoms in total. The van der Waals surface area contributed by atoms with E-state index in [9.17, 15) is 0 Å². The van der Waals surface area contributed by atoms with Crippen molar-refractivity contribution in [3.63, 3.8) is 0 Å². The van der Waals surface area contributed by atoms with Crippen LogP contribution >= 0.6 is 0 Å². The first kappa shape index (κ1) is 43.9. The molecule has 1 aliphatic carbocycles. The van der Waals surface area contributed by atoms with E-state index < -0.39 is 0 Å². The van der Waals surface area contributed by atoms with Crippen molar-refractivity contribution >= 4 is 110 Å². The molecule has 0 spiro atoms. The zero-order valence-corrected chi connectivity index (χ0v) is 42.2. The molecule has 2 aromatic heterocycles. The highest BCUT2D eigenvalue weighted by atomic mass is 16.3. The number of benzene rings is 11. The van der Waals surface area contributed by atoms with E-state index in [4.69, 9.17) is 8.83 Å². The largest absolute Gasteiger partial charge is 0.454 e. The minimum absolute atomic E-state index is 0.0446. The maximum atomic E-state index is 7.07. The first-order valence-corrected chi connectivity index (χ1v) is 25.9. The lowest BCUT2D eigenvalue weighted by atomic mass is 9.82. The molecule has 0 saturated carbocycles. The van der Waals surface area contributed by atoms with E-state index in [1.54, 1.807) is 0 Å². The summed E-state index contributed by atoms with van der Waals surface area (Å²) in [5, 5.41) is 11.6. The first-order valence-electron chi connectivity index (χ1n) is 25.9. The van der Waals surface area contributed by atoms with Crippen LogP contribution in [0.3, 0.4) is 0 Å². The monoisotopic (exact) mass is 954 g/mol. The highest BCUT2D eigenvalue weighted by molar-refractivity contribution is 6.29. The smallest absolute Gasteiger partial charge is 0.159 e. The Morgan fingerprint density at radius 2 is 1.01 bits per heavy atom. The Morgan fingerprint density at radius 1 is 0.459 bits per heavy atom. The van der Waals surface area contributed by atoms with E-state index >= 15 is 0 Å². The summed E-state index contributed by atoms with van der Waals surface area (Å²) in [7, 11) is 0. The minimum atomic E-state index is -0.126. The summed E-state index contributed by atoms with van der Waals surface area (Å²) < 4.78 is 14.1. The maximum absolute atomic E-state index is 7.07. The van der Waals surface area contributed by atoms with Gasteiger partial charge in [-0.1, -0.05) is 222 Å².